The Kier molecular flexibility index (Phi) is 3.97. The molecule has 0 spiro atoms. The zero-order chi connectivity index (χ0) is 12.0. The Bertz CT molecular complexity index is 510. The van der Waals surface area contributed by atoms with E-state index < -0.39 is 5.97 Å². The van der Waals surface area contributed by atoms with Gasteiger partial charge in [0, 0.05) is 11.6 Å². The first-order chi connectivity index (χ1) is 7.69. The van der Waals surface area contributed by atoms with Gasteiger partial charge in [-0.05, 0) is 12.1 Å². The minimum atomic E-state index is -0.946. The van der Waals surface area contributed by atoms with Crippen molar-refractivity contribution >= 4 is 23.3 Å². The van der Waals surface area contributed by atoms with Gasteiger partial charge in [-0.25, -0.2) is 4.79 Å². The summed E-state index contributed by atoms with van der Waals surface area (Å²) in [6, 6.07) is 9.03. The van der Waals surface area contributed by atoms with Gasteiger partial charge in [0.2, 0.25) is 0 Å². The number of carboxylic acid groups (broad SMARTS) is 2. The first-order valence-corrected chi connectivity index (χ1v) is 4.35. The minimum Gasteiger partial charge on any atom is -0.483 e. The van der Waals surface area contributed by atoms with Crippen molar-refractivity contribution in [3.05, 3.63) is 42.1 Å². The number of pyridine rings is 1. The maximum Gasteiger partial charge on any atom is 0.337 e. The van der Waals surface area contributed by atoms with Gasteiger partial charge in [0.1, 0.15) is 0 Å². The molecule has 0 unspecified atom stereocenters. The molecule has 0 saturated heterocycles. The molecule has 1 aromatic heterocycles. The molecule has 1 aromatic carbocycles. The standard InChI is InChI=1S/C10H7NO2.CH2O2/c12-10(13)8-5-7-3-1-2-4-9(7)11-6-8;2-1-3/h1-6H,(H,12,13);1H,(H,2,3). The van der Waals surface area contributed by atoms with Crippen molar-refractivity contribution in [2.45, 2.75) is 0 Å². The second kappa shape index (κ2) is 5.45. The summed E-state index contributed by atoms with van der Waals surface area (Å²) in [6.07, 6.45) is 1.37. The van der Waals surface area contributed by atoms with Crippen LogP contribution < -0.4 is 0 Å². The van der Waals surface area contributed by atoms with E-state index in [1.165, 1.54) is 6.20 Å². The molecule has 2 rings (SSSR count). The van der Waals surface area contributed by atoms with E-state index >= 15 is 0 Å². The molecule has 0 aliphatic carbocycles. The highest BCUT2D eigenvalue weighted by molar-refractivity contribution is 5.92. The van der Waals surface area contributed by atoms with Gasteiger partial charge in [-0.1, -0.05) is 18.2 Å². The molecule has 0 bridgehead atoms. The Hall–Kier alpha value is -2.43. The molecule has 16 heavy (non-hydrogen) atoms. The van der Waals surface area contributed by atoms with Gasteiger partial charge in [0.25, 0.3) is 6.47 Å². The number of benzene rings is 1. The number of hydrogen-bond acceptors (Lipinski definition) is 3. The monoisotopic (exact) mass is 219 g/mol. The van der Waals surface area contributed by atoms with Gasteiger partial charge in [0.15, 0.2) is 0 Å². The number of fused-ring (bicyclic) bond motifs is 1. The van der Waals surface area contributed by atoms with Crippen LogP contribution in [0.1, 0.15) is 10.4 Å². The number of hydrogen-bond donors (Lipinski definition) is 2. The van der Waals surface area contributed by atoms with Crippen LogP contribution in [0, 0.1) is 0 Å². The van der Waals surface area contributed by atoms with Crippen LogP contribution >= 0.6 is 0 Å². The van der Waals surface area contributed by atoms with Gasteiger partial charge in [0.05, 0.1) is 11.1 Å². The van der Waals surface area contributed by atoms with Crippen molar-refractivity contribution < 1.29 is 19.8 Å². The molecule has 5 heteroatoms. The molecule has 0 amide bonds. The Morgan fingerprint density at radius 2 is 1.94 bits per heavy atom. The van der Waals surface area contributed by atoms with E-state index in [2.05, 4.69) is 4.98 Å². The Morgan fingerprint density at radius 1 is 1.31 bits per heavy atom. The lowest BCUT2D eigenvalue weighted by Crippen LogP contribution is -1.96. The molecular weight excluding hydrogens is 210 g/mol. The summed E-state index contributed by atoms with van der Waals surface area (Å²) in [5, 5.41) is 16.4. The number of aromatic nitrogens is 1. The van der Waals surface area contributed by atoms with Crippen LogP contribution in [0.4, 0.5) is 0 Å². The zero-order valence-electron chi connectivity index (χ0n) is 8.20. The smallest absolute Gasteiger partial charge is 0.337 e. The Labute approximate surface area is 91.0 Å². The second-order valence-corrected chi connectivity index (χ2v) is 2.83. The van der Waals surface area contributed by atoms with Crippen LogP contribution in [0.2, 0.25) is 0 Å². The average Bonchev–Trinajstić information content (AvgIpc) is 2.29. The highest BCUT2D eigenvalue weighted by atomic mass is 16.4. The van der Waals surface area contributed by atoms with Crippen molar-refractivity contribution in [3.63, 3.8) is 0 Å². The highest BCUT2D eigenvalue weighted by Crippen LogP contribution is 2.12. The molecule has 1 heterocycles. The van der Waals surface area contributed by atoms with Crippen LogP contribution in [0.5, 0.6) is 0 Å². The third-order valence-electron chi connectivity index (χ3n) is 1.84. The summed E-state index contributed by atoms with van der Waals surface area (Å²) in [5.74, 6) is -0.946. The fourth-order valence-corrected chi connectivity index (χ4v) is 1.19. The average molecular weight is 219 g/mol. The molecule has 0 aliphatic rings. The summed E-state index contributed by atoms with van der Waals surface area (Å²) in [7, 11) is 0. The van der Waals surface area contributed by atoms with E-state index in [1.807, 2.05) is 24.3 Å². The number of carbonyl (C=O) groups is 2. The molecule has 82 valence electrons. The number of para-hydroxylation sites is 1. The van der Waals surface area contributed by atoms with Crippen molar-refractivity contribution in [2.75, 3.05) is 0 Å². The molecular formula is C11H9NO4. The van der Waals surface area contributed by atoms with Gasteiger partial charge in [-0.2, -0.15) is 0 Å². The lowest BCUT2D eigenvalue weighted by Gasteiger charge is -1.97. The first kappa shape index (κ1) is 11.6. The lowest BCUT2D eigenvalue weighted by molar-refractivity contribution is -0.122. The van der Waals surface area contributed by atoms with Crippen molar-refractivity contribution in [1.29, 1.82) is 0 Å². The SMILES string of the molecule is O=C(O)c1cnc2ccccc2c1.O=CO. The number of nitrogens with zero attached hydrogens (tertiary/aromatic N) is 1. The van der Waals surface area contributed by atoms with E-state index in [0.717, 1.165) is 10.9 Å². The zero-order valence-corrected chi connectivity index (χ0v) is 8.20. The lowest BCUT2D eigenvalue weighted by atomic mass is 10.2. The number of carboxylic acids is 1. The van der Waals surface area contributed by atoms with Crippen LogP contribution in [0.3, 0.4) is 0 Å². The molecule has 0 fully saturated rings. The summed E-state index contributed by atoms with van der Waals surface area (Å²) in [4.78, 5) is 23.0. The molecule has 0 radical (unpaired) electrons. The second-order valence-electron chi connectivity index (χ2n) is 2.83. The highest BCUT2D eigenvalue weighted by Gasteiger charge is 2.03. The molecule has 0 atom stereocenters. The molecule has 0 aliphatic heterocycles. The molecule has 5 nitrogen and oxygen atoms in total. The van der Waals surface area contributed by atoms with Crippen LogP contribution in [0.15, 0.2) is 36.5 Å². The maximum absolute atomic E-state index is 10.6. The Morgan fingerprint density at radius 3 is 2.56 bits per heavy atom. The van der Waals surface area contributed by atoms with Gasteiger partial charge in [-0.3, -0.25) is 9.78 Å². The maximum atomic E-state index is 10.6. The van der Waals surface area contributed by atoms with Gasteiger partial charge < -0.3 is 10.2 Å². The summed E-state index contributed by atoms with van der Waals surface area (Å²) >= 11 is 0. The number of rotatable bonds is 1. The minimum absolute atomic E-state index is 0.221. The van der Waals surface area contributed by atoms with Crippen LogP contribution in [0.25, 0.3) is 10.9 Å². The summed E-state index contributed by atoms with van der Waals surface area (Å²) in [5.41, 5.74) is 1.03. The molecule has 2 aromatic rings. The van der Waals surface area contributed by atoms with E-state index in [0.29, 0.717) is 0 Å². The van der Waals surface area contributed by atoms with E-state index in [1.54, 1.807) is 6.07 Å². The molecule has 2 N–H and O–H groups in total. The van der Waals surface area contributed by atoms with Crippen LogP contribution in [-0.2, 0) is 4.79 Å². The van der Waals surface area contributed by atoms with E-state index in [9.17, 15) is 4.79 Å². The normalized spacial score (nSPS) is 9.00. The van der Waals surface area contributed by atoms with Crippen molar-refractivity contribution in [2.24, 2.45) is 0 Å². The predicted molar refractivity (Wildman–Crippen MR) is 57.4 cm³/mol. The summed E-state index contributed by atoms with van der Waals surface area (Å²) in [6.45, 7) is -0.250. The predicted octanol–water partition coefficient (Wildman–Crippen LogP) is 1.63. The first-order valence-electron chi connectivity index (χ1n) is 4.35. The van der Waals surface area contributed by atoms with Gasteiger partial charge >= 0.3 is 5.97 Å². The van der Waals surface area contributed by atoms with E-state index in [4.69, 9.17) is 15.0 Å². The quantitative estimate of drug-likeness (QED) is 0.712. The Balaban J connectivity index is 0.000000386. The van der Waals surface area contributed by atoms with Crippen molar-refractivity contribution in [1.82, 2.24) is 4.98 Å². The largest absolute Gasteiger partial charge is 0.483 e. The van der Waals surface area contributed by atoms with E-state index in [-0.39, 0.29) is 12.0 Å². The van der Waals surface area contributed by atoms with Gasteiger partial charge in [-0.15, -0.1) is 0 Å². The fraction of sp³-hybridized carbons (Fsp3) is 0. The molecule has 0 saturated carbocycles. The number of aromatic carboxylic acids is 1. The fourth-order valence-electron chi connectivity index (χ4n) is 1.19. The third kappa shape index (κ3) is 2.78. The van der Waals surface area contributed by atoms with Crippen LogP contribution in [-0.4, -0.2) is 27.6 Å². The van der Waals surface area contributed by atoms with Crippen molar-refractivity contribution in [3.8, 4) is 0 Å². The summed E-state index contributed by atoms with van der Waals surface area (Å²) < 4.78 is 0. The third-order valence-corrected chi connectivity index (χ3v) is 1.84. The topological polar surface area (TPSA) is 87.5 Å².